The standard InChI is InChI=1S/C22H29N3O/c1-18-2-6-20(7-3-18)26-21-8-4-19(5-9-21)16-25-14-10-22(11-15-25)17-23-12-13-24-22/h2-9,23-24H,10-17H2,1H3. The first-order valence-electron chi connectivity index (χ1n) is 9.72. The van der Waals surface area contributed by atoms with E-state index >= 15 is 0 Å². The smallest absolute Gasteiger partial charge is 0.127 e. The molecule has 2 heterocycles. The van der Waals surface area contributed by atoms with Crippen LogP contribution in [0.25, 0.3) is 0 Å². The Morgan fingerprint density at radius 3 is 2.19 bits per heavy atom. The SMILES string of the molecule is Cc1ccc(Oc2ccc(CN3CCC4(CC3)CNCCN4)cc2)cc1. The lowest BCUT2D eigenvalue weighted by Gasteiger charge is -2.45. The van der Waals surface area contributed by atoms with Crippen molar-refractivity contribution in [3.05, 3.63) is 59.7 Å². The molecule has 4 heteroatoms. The summed E-state index contributed by atoms with van der Waals surface area (Å²) in [7, 11) is 0. The normalized spacial score (nSPS) is 20.2. The van der Waals surface area contributed by atoms with Crippen LogP contribution in [0.15, 0.2) is 48.5 Å². The van der Waals surface area contributed by atoms with E-state index in [0.29, 0.717) is 5.54 Å². The fourth-order valence-corrected chi connectivity index (χ4v) is 3.96. The van der Waals surface area contributed by atoms with E-state index in [4.69, 9.17) is 4.74 Å². The molecule has 2 aliphatic heterocycles. The van der Waals surface area contributed by atoms with Crippen molar-refractivity contribution >= 4 is 0 Å². The van der Waals surface area contributed by atoms with E-state index in [-0.39, 0.29) is 0 Å². The Hall–Kier alpha value is -1.88. The van der Waals surface area contributed by atoms with Gasteiger partial charge in [0.2, 0.25) is 0 Å². The number of benzene rings is 2. The number of piperidine rings is 1. The van der Waals surface area contributed by atoms with Gasteiger partial charge in [0.1, 0.15) is 11.5 Å². The predicted octanol–water partition coefficient (Wildman–Crippen LogP) is 3.31. The Morgan fingerprint density at radius 1 is 0.923 bits per heavy atom. The summed E-state index contributed by atoms with van der Waals surface area (Å²) in [5.74, 6) is 1.78. The average Bonchev–Trinajstić information content (AvgIpc) is 2.68. The average molecular weight is 351 g/mol. The number of ether oxygens (including phenoxy) is 1. The maximum atomic E-state index is 5.92. The molecule has 138 valence electrons. The summed E-state index contributed by atoms with van der Waals surface area (Å²) in [6, 6.07) is 16.7. The number of nitrogens with one attached hydrogen (secondary N) is 2. The van der Waals surface area contributed by atoms with Crippen LogP contribution >= 0.6 is 0 Å². The molecule has 2 aromatic rings. The second-order valence-electron chi connectivity index (χ2n) is 7.72. The minimum atomic E-state index is 0.334. The topological polar surface area (TPSA) is 36.5 Å². The van der Waals surface area contributed by atoms with Gasteiger partial charge < -0.3 is 15.4 Å². The van der Waals surface area contributed by atoms with Gasteiger partial charge in [-0.05, 0) is 49.6 Å². The van der Waals surface area contributed by atoms with E-state index in [0.717, 1.165) is 50.8 Å². The molecule has 0 atom stereocenters. The van der Waals surface area contributed by atoms with Crippen LogP contribution in [0.1, 0.15) is 24.0 Å². The van der Waals surface area contributed by atoms with Crippen LogP contribution < -0.4 is 15.4 Å². The quantitative estimate of drug-likeness (QED) is 0.886. The maximum Gasteiger partial charge on any atom is 0.127 e. The van der Waals surface area contributed by atoms with E-state index in [1.807, 2.05) is 12.1 Å². The zero-order chi connectivity index (χ0) is 17.8. The van der Waals surface area contributed by atoms with Crippen molar-refractivity contribution in [2.24, 2.45) is 0 Å². The number of hydrogen-bond donors (Lipinski definition) is 2. The number of rotatable bonds is 4. The molecule has 0 aromatic heterocycles. The number of likely N-dealkylation sites (tertiary alicyclic amines) is 1. The second kappa shape index (κ2) is 7.78. The number of hydrogen-bond acceptors (Lipinski definition) is 4. The van der Waals surface area contributed by atoms with Gasteiger partial charge in [0.05, 0.1) is 0 Å². The first-order valence-corrected chi connectivity index (χ1v) is 9.72. The molecule has 0 unspecified atom stereocenters. The molecular weight excluding hydrogens is 322 g/mol. The summed E-state index contributed by atoms with van der Waals surface area (Å²) >= 11 is 0. The van der Waals surface area contributed by atoms with Crippen molar-refractivity contribution < 1.29 is 4.74 Å². The van der Waals surface area contributed by atoms with Crippen LogP contribution in [0.5, 0.6) is 11.5 Å². The molecule has 0 aliphatic carbocycles. The highest BCUT2D eigenvalue weighted by molar-refractivity contribution is 5.34. The third-order valence-electron chi connectivity index (χ3n) is 5.66. The van der Waals surface area contributed by atoms with E-state index < -0.39 is 0 Å². The Labute approximate surface area is 156 Å². The van der Waals surface area contributed by atoms with Gasteiger partial charge in [-0.1, -0.05) is 29.8 Å². The molecule has 2 N–H and O–H groups in total. The van der Waals surface area contributed by atoms with Gasteiger partial charge in [0, 0.05) is 44.8 Å². The minimum absolute atomic E-state index is 0.334. The molecule has 2 aliphatic rings. The molecular formula is C22H29N3O. The van der Waals surface area contributed by atoms with Gasteiger partial charge >= 0.3 is 0 Å². The highest BCUT2D eigenvalue weighted by atomic mass is 16.5. The van der Waals surface area contributed by atoms with Crippen molar-refractivity contribution in [2.45, 2.75) is 31.8 Å². The molecule has 2 aromatic carbocycles. The van der Waals surface area contributed by atoms with Gasteiger partial charge in [-0.25, -0.2) is 0 Å². The Balaban J connectivity index is 1.30. The molecule has 26 heavy (non-hydrogen) atoms. The van der Waals surface area contributed by atoms with Gasteiger partial charge in [0.25, 0.3) is 0 Å². The van der Waals surface area contributed by atoms with Gasteiger partial charge in [-0.2, -0.15) is 0 Å². The van der Waals surface area contributed by atoms with Crippen molar-refractivity contribution in [3.8, 4) is 11.5 Å². The first kappa shape index (κ1) is 17.5. The number of nitrogens with zero attached hydrogens (tertiary/aromatic N) is 1. The van der Waals surface area contributed by atoms with Crippen LogP contribution in [0.2, 0.25) is 0 Å². The maximum absolute atomic E-state index is 5.92. The Morgan fingerprint density at radius 2 is 1.58 bits per heavy atom. The summed E-state index contributed by atoms with van der Waals surface area (Å²) in [5.41, 5.74) is 2.93. The predicted molar refractivity (Wildman–Crippen MR) is 106 cm³/mol. The Bertz CT molecular complexity index is 695. The third kappa shape index (κ3) is 4.26. The molecule has 0 bridgehead atoms. The van der Waals surface area contributed by atoms with Crippen LogP contribution in [0.4, 0.5) is 0 Å². The van der Waals surface area contributed by atoms with Crippen LogP contribution in [-0.4, -0.2) is 43.2 Å². The third-order valence-corrected chi connectivity index (χ3v) is 5.66. The van der Waals surface area contributed by atoms with Crippen molar-refractivity contribution in [1.29, 1.82) is 0 Å². The van der Waals surface area contributed by atoms with E-state index in [9.17, 15) is 0 Å². The lowest BCUT2D eigenvalue weighted by Crippen LogP contribution is -2.63. The largest absolute Gasteiger partial charge is 0.457 e. The van der Waals surface area contributed by atoms with Crippen LogP contribution in [0, 0.1) is 6.92 Å². The summed E-state index contributed by atoms with van der Waals surface area (Å²) in [6.45, 7) is 8.75. The highest BCUT2D eigenvalue weighted by Gasteiger charge is 2.35. The number of piperazine rings is 1. The highest BCUT2D eigenvalue weighted by Crippen LogP contribution is 2.25. The molecule has 0 saturated carbocycles. The van der Waals surface area contributed by atoms with Crippen LogP contribution in [0.3, 0.4) is 0 Å². The lowest BCUT2D eigenvalue weighted by molar-refractivity contribution is 0.116. The second-order valence-corrected chi connectivity index (χ2v) is 7.72. The van der Waals surface area contributed by atoms with Crippen molar-refractivity contribution in [1.82, 2.24) is 15.5 Å². The molecule has 4 rings (SSSR count). The summed E-state index contributed by atoms with van der Waals surface area (Å²) in [4.78, 5) is 2.57. The fourth-order valence-electron chi connectivity index (χ4n) is 3.96. The van der Waals surface area contributed by atoms with E-state index in [2.05, 4.69) is 58.9 Å². The van der Waals surface area contributed by atoms with Gasteiger partial charge in [-0.3, -0.25) is 4.90 Å². The zero-order valence-corrected chi connectivity index (χ0v) is 15.6. The molecule has 2 fully saturated rings. The summed E-state index contributed by atoms with van der Waals surface area (Å²) in [6.07, 6.45) is 2.46. The van der Waals surface area contributed by atoms with Gasteiger partial charge in [0.15, 0.2) is 0 Å². The summed E-state index contributed by atoms with van der Waals surface area (Å²) < 4.78 is 5.92. The van der Waals surface area contributed by atoms with E-state index in [1.54, 1.807) is 0 Å². The zero-order valence-electron chi connectivity index (χ0n) is 15.6. The first-order chi connectivity index (χ1) is 12.7. The summed E-state index contributed by atoms with van der Waals surface area (Å²) in [5, 5.41) is 7.29. The molecule has 4 nitrogen and oxygen atoms in total. The molecule has 2 saturated heterocycles. The lowest BCUT2D eigenvalue weighted by atomic mass is 9.86. The molecule has 0 radical (unpaired) electrons. The molecule has 0 amide bonds. The number of aryl methyl sites for hydroxylation is 1. The van der Waals surface area contributed by atoms with Crippen molar-refractivity contribution in [3.63, 3.8) is 0 Å². The minimum Gasteiger partial charge on any atom is -0.457 e. The fraction of sp³-hybridized carbons (Fsp3) is 0.455. The monoisotopic (exact) mass is 351 g/mol. The molecule has 1 spiro atoms. The van der Waals surface area contributed by atoms with Gasteiger partial charge in [-0.15, -0.1) is 0 Å². The Kier molecular flexibility index (Phi) is 5.25. The van der Waals surface area contributed by atoms with Crippen LogP contribution in [-0.2, 0) is 6.54 Å². The van der Waals surface area contributed by atoms with E-state index in [1.165, 1.54) is 24.0 Å². The van der Waals surface area contributed by atoms with Crippen molar-refractivity contribution in [2.75, 3.05) is 32.7 Å².